The molecule has 0 aromatic heterocycles. The van der Waals surface area contributed by atoms with Crippen molar-refractivity contribution in [2.24, 2.45) is 0 Å². The van der Waals surface area contributed by atoms with E-state index in [-0.39, 0.29) is 59.1 Å². The van der Waals surface area contributed by atoms with E-state index in [1.807, 2.05) is 0 Å². The molecule has 17 heteroatoms. The van der Waals surface area contributed by atoms with E-state index in [1.165, 1.54) is 0 Å². The maximum atomic E-state index is 9.37. The summed E-state index contributed by atoms with van der Waals surface area (Å²) in [5, 5.41) is 0. The largest absolute Gasteiger partial charge is 1.00 e. The van der Waals surface area contributed by atoms with Gasteiger partial charge in [0.2, 0.25) is 20.8 Å². The van der Waals surface area contributed by atoms with Crippen LogP contribution in [-0.4, -0.2) is 43.5 Å². The molecule has 0 atom stereocenters. The van der Waals surface area contributed by atoms with Crippen molar-refractivity contribution in [3.63, 3.8) is 0 Å². The van der Waals surface area contributed by atoms with Gasteiger partial charge in [-0.15, -0.1) is 8.67 Å². The first-order valence-corrected chi connectivity index (χ1v) is 6.26. The van der Waals surface area contributed by atoms with Gasteiger partial charge in [0.05, 0.1) is 0 Å². The minimum atomic E-state index is -5.31. The first kappa shape index (κ1) is 27.0. The smallest absolute Gasteiger partial charge is 0.724 e. The molecule has 0 heterocycles. The molecule has 0 bridgehead atoms. The van der Waals surface area contributed by atoms with Crippen LogP contribution in [0.15, 0.2) is 0 Å². The number of hydrogen-bond acceptors (Lipinski definition) is 10. The van der Waals surface area contributed by atoms with E-state index >= 15 is 0 Å². The average molecular weight is 336 g/mol. The Hall–Kier alpha value is 1.61. The Kier molecular flexibility index (Phi) is 16.5. The van der Waals surface area contributed by atoms with Crippen molar-refractivity contribution in [2.75, 3.05) is 0 Å². The van der Waals surface area contributed by atoms with Crippen LogP contribution in [0.25, 0.3) is 0 Å². The standard InChI is InChI=1S/2Na.H2O8S2.H2O4S/c;;1-9(2,3)7-8-10(4,5)6;1-5(2,3)4/h;;(H,1,2,3)(H,4,5,6);(H2,1,2,3,4)/q2*+1;;/p-2. The molecule has 0 aliphatic carbocycles. The molecule has 0 amide bonds. The molecule has 0 aliphatic rings. The average Bonchev–Trinajstić information content (AvgIpc) is 1.76. The van der Waals surface area contributed by atoms with E-state index in [0.717, 1.165) is 0 Å². The van der Waals surface area contributed by atoms with Crippen LogP contribution in [0, 0.1) is 0 Å². The molecule has 0 saturated carbocycles. The molecule has 12 nitrogen and oxygen atoms in total. The summed E-state index contributed by atoms with van der Waals surface area (Å²) in [6, 6.07) is 0. The summed E-state index contributed by atoms with van der Waals surface area (Å²) < 4.78 is 93.0. The Labute approximate surface area is 141 Å². The van der Waals surface area contributed by atoms with Gasteiger partial charge in [-0.1, -0.05) is 0 Å². The van der Waals surface area contributed by atoms with Gasteiger partial charge in [0.15, 0.2) is 0 Å². The number of hydrogen-bond donors (Lipinski definition) is 2. The molecule has 0 spiro atoms. The Balaban J connectivity index is -0.000000105. The maximum absolute atomic E-state index is 9.37. The van der Waals surface area contributed by atoms with Gasteiger partial charge in [0.25, 0.3) is 0 Å². The Bertz CT molecular complexity index is 424. The van der Waals surface area contributed by atoms with Crippen molar-refractivity contribution >= 4 is 31.2 Å². The zero-order valence-corrected chi connectivity index (χ0v) is 14.7. The van der Waals surface area contributed by atoms with Crippen molar-refractivity contribution < 1.29 is 111 Å². The zero-order valence-electron chi connectivity index (χ0n) is 8.20. The molecule has 0 saturated heterocycles. The summed E-state index contributed by atoms with van der Waals surface area (Å²) in [5.41, 5.74) is 0. The van der Waals surface area contributed by atoms with Crippen LogP contribution in [0.5, 0.6) is 0 Å². The van der Waals surface area contributed by atoms with Gasteiger partial charge in [0.1, 0.15) is 0 Å². The SMILES string of the molecule is O=S(=O)(O)O.O=S(=O)([O-])OOS(=O)(=O)[O-].[Na+].[Na+]. The quantitative estimate of drug-likeness (QED) is 0.162. The predicted molar refractivity (Wildman–Crippen MR) is 35.7 cm³/mol. The van der Waals surface area contributed by atoms with Gasteiger partial charge < -0.3 is 9.11 Å². The third-order valence-corrected chi connectivity index (χ3v) is 0.750. The van der Waals surface area contributed by atoms with Crippen LogP contribution in [0.3, 0.4) is 0 Å². The molecular weight excluding hydrogens is 334 g/mol. The monoisotopic (exact) mass is 336 g/mol. The van der Waals surface area contributed by atoms with Crippen molar-refractivity contribution in [3.05, 3.63) is 0 Å². The molecule has 0 aromatic rings. The third kappa shape index (κ3) is 57.9. The summed E-state index contributed by atoms with van der Waals surface area (Å²) in [5.74, 6) is 0. The fourth-order valence-corrected chi connectivity index (χ4v) is 0.612. The fraction of sp³-hybridized carbons (Fsp3) is 0. The van der Waals surface area contributed by atoms with Crippen molar-refractivity contribution in [3.8, 4) is 0 Å². The minimum Gasteiger partial charge on any atom is -0.724 e. The fourth-order valence-electron chi connectivity index (χ4n) is 0.0680. The topological polar surface area (TPSA) is 207 Å². The van der Waals surface area contributed by atoms with E-state index in [4.69, 9.17) is 17.5 Å². The normalized spacial score (nSPS) is 11.3. The van der Waals surface area contributed by atoms with Crippen LogP contribution in [0.1, 0.15) is 0 Å². The molecule has 0 radical (unpaired) electrons. The van der Waals surface area contributed by atoms with E-state index in [2.05, 4.69) is 8.67 Å². The van der Waals surface area contributed by atoms with E-state index < -0.39 is 31.2 Å². The second kappa shape index (κ2) is 10.4. The first-order chi connectivity index (χ1) is 6.21. The van der Waals surface area contributed by atoms with Crippen molar-refractivity contribution in [1.29, 1.82) is 0 Å². The van der Waals surface area contributed by atoms with Crippen LogP contribution in [-0.2, 0) is 39.9 Å². The van der Waals surface area contributed by atoms with Crippen LogP contribution >= 0.6 is 0 Å². The Morgan fingerprint density at radius 1 is 0.706 bits per heavy atom. The van der Waals surface area contributed by atoms with E-state index in [9.17, 15) is 25.9 Å². The summed E-state index contributed by atoms with van der Waals surface area (Å²) >= 11 is 0. The predicted octanol–water partition coefficient (Wildman–Crippen LogP) is -8.79. The van der Waals surface area contributed by atoms with Crippen LogP contribution in [0.4, 0.5) is 0 Å². The van der Waals surface area contributed by atoms with E-state index in [0.29, 0.717) is 0 Å². The van der Waals surface area contributed by atoms with E-state index in [1.54, 1.807) is 0 Å². The minimum absolute atomic E-state index is 0. The Morgan fingerprint density at radius 2 is 0.824 bits per heavy atom. The molecule has 0 rings (SSSR count). The Morgan fingerprint density at radius 3 is 0.882 bits per heavy atom. The summed E-state index contributed by atoms with van der Waals surface area (Å²) in [4.78, 5) is 0. The van der Waals surface area contributed by atoms with Gasteiger partial charge in [0, 0.05) is 0 Å². The molecule has 0 unspecified atom stereocenters. The van der Waals surface area contributed by atoms with Crippen LogP contribution in [0.2, 0.25) is 0 Å². The molecule has 94 valence electrons. The van der Waals surface area contributed by atoms with Crippen molar-refractivity contribution in [2.45, 2.75) is 0 Å². The summed E-state index contributed by atoms with van der Waals surface area (Å²) in [7, 11) is -15.3. The summed E-state index contributed by atoms with van der Waals surface area (Å²) in [6.07, 6.45) is 0. The summed E-state index contributed by atoms with van der Waals surface area (Å²) in [6.45, 7) is 0. The van der Waals surface area contributed by atoms with Crippen LogP contribution < -0.4 is 59.1 Å². The van der Waals surface area contributed by atoms with Crippen molar-refractivity contribution in [1.82, 2.24) is 0 Å². The molecule has 2 N–H and O–H groups in total. The molecule has 0 aliphatic heterocycles. The zero-order chi connectivity index (χ0) is 12.9. The molecule has 0 aromatic carbocycles. The maximum Gasteiger partial charge on any atom is 1.00 e. The number of rotatable bonds is 3. The van der Waals surface area contributed by atoms with Gasteiger partial charge in [-0.25, -0.2) is 16.8 Å². The first-order valence-electron chi connectivity index (χ1n) is 2.20. The molecule has 17 heavy (non-hydrogen) atoms. The molecular formula is H2Na2O12S3. The second-order valence-electron chi connectivity index (χ2n) is 1.40. The van der Waals surface area contributed by atoms with Gasteiger partial charge in [-0.3, -0.25) is 9.11 Å². The second-order valence-corrected chi connectivity index (χ2v) is 4.20. The van der Waals surface area contributed by atoms with Gasteiger partial charge in [-0.2, -0.15) is 8.42 Å². The molecule has 0 fully saturated rings. The van der Waals surface area contributed by atoms with Gasteiger partial charge in [-0.05, 0) is 0 Å². The third-order valence-electron chi connectivity index (χ3n) is 0.194. The van der Waals surface area contributed by atoms with Gasteiger partial charge >= 0.3 is 69.5 Å².